The number of benzene rings is 1. The molecule has 1 amide bonds. The van der Waals surface area contributed by atoms with Gasteiger partial charge in [0.1, 0.15) is 17.6 Å². The van der Waals surface area contributed by atoms with Crippen molar-refractivity contribution in [3.63, 3.8) is 0 Å². The molecule has 1 aromatic heterocycles. The summed E-state index contributed by atoms with van der Waals surface area (Å²) in [6.45, 7) is 1.36. The number of nitrogens with zero attached hydrogens (tertiary/aromatic N) is 1. The zero-order chi connectivity index (χ0) is 14.0. The van der Waals surface area contributed by atoms with Gasteiger partial charge in [-0.2, -0.15) is 0 Å². The van der Waals surface area contributed by atoms with Crippen molar-refractivity contribution < 1.29 is 19.1 Å². The van der Waals surface area contributed by atoms with Gasteiger partial charge in [-0.05, 0) is 31.2 Å². The number of nitrogens with one attached hydrogen (secondary N) is 1. The standard InChI is InChI=1S/C13H11FN2O3/c1-7(13(18)19)15-12(17)11-4-2-8-6-9(14)3-5-10(8)16-11/h2-7H,1H3,(H,15,17)(H,18,19). The lowest BCUT2D eigenvalue weighted by Crippen LogP contribution is -2.38. The molecule has 19 heavy (non-hydrogen) atoms. The molecule has 1 heterocycles. The Bertz CT molecular complexity index is 657. The molecular formula is C13H11FN2O3. The fourth-order valence-electron chi connectivity index (χ4n) is 1.56. The third-order valence-electron chi connectivity index (χ3n) is 2.60. The van der Waals surface area contributed by atoms with Crippen LogP contribution in [0.4, 0.5) is 4.39 Å². The summed E-state index contributed by atoms with van der Waals surface area (Å²) in [5.41, 5.74) is 0.559. The second kappa shape index (κ2) is 5.01. The van der Waals surface area contributed by atoms with Crippen molar-refractivity contribution in [1.82, 2.24) is 10.3 Å². The SMILES string of the molecule is CC(NC(=O)c1ccc2cc(F)ccc2n1)C(=O)O. The monoisotopic (exact) mass is 262 g/mol. The number of pyridine rings is 1. The van der Waals surface area contributed by atoms with Crippen LogP contribution in [0.25, 0.3) is 10.9 Å². The maximum atomic E-state index is 13.0. The molecule has 6 heteroatoms. The summed E-state index contributed by atoms with van der Waals surface area (Å²) in [5, 5.41) is 11.6. The average molecular weight is 262 g/mol. The summed E-state index contributed by atoms with van der Waals surface area (Å²) in [7, 11) is 0. The highest BCUT2D eigenvalue weighted by molar-refractivity contribution is 5.96. The first kappa shape index (κ1) is 12.9. The first-order chi connectivity index (χ1) is 8.97. The lowest BCUT2D eigenvalue weighted by molar-refractivity contribution is -0.138. The third kappa shape index (κ3) is 2.85. The van der Waals surface area contributed by atoms with Crippen molar-refractivity contribution in [3.8, 4) is 0 Å². The fraction of sp³-hybridized carbons (Fsp3) is 0.154. The van der Waals surface area contributed by atoms with Crippen LogP contribution in [0.5, 0.6) is 0 Å². The lowest BCUT2D eigenvalue weighted by atomic mass is 10.2. The smallest absolute Gasteiger partial charge is 0.325 e. The van der Waals surface area contributed by atoms with E-state index < -0.39 is 17.9 Å². The molecule has 1 aromatic carbocycles. The largest absolute Gasteiger partial charge is 0.480 e. The Kier molecular flexibility index (Phi) is 3.41. The number of amides is 1. The molecule has 5 nitrogen and oxygen atoms in total. The number of aliphatic carboxylic acids is 1. The predicted octanol–water partition coefficient (Wildman–Crippen LogP) is 1.58. The van der Waals surface area contributed by atoms with Gasteiger partial charge in [-0.15, -0.1) is 0 Å². The minimum Gasteiger partial charge on any atom is -0.480 e. The molecule has 98 valence electrons. The zero-order valence-corrected chi connectivity index (χ0v) is 10.1. The number of fused-ring (bicyclic) bond motifs is 1. The molecule has 0 bridgehead atoms. The van der Waals surface area contributed by atoms with Crippen LogP contribution >= 0.6 is 0 Å². The molecule has 0 saturated heterocycles. The minimum atomic E-state index is -1.13. The van der Waals surface area contributed by atoms with Crippen molar-refractivity contribution in [1.29, 1.82) is 0 Å². The number of carbonyl (C=O) groups excluding carboxylic acids is 1. The summed E-state index contributed by atoms with van der Waals surface area (Å²) in [4.78, 5) is 26.5. The van der Waals surface area contributed by atoms with Crippen molar-refractivity contribution in [2.45, 2.75) is 13.0 Å². The first-order valence-electron chi connectivity index (χ1n) is 5.57. The second-order valence-corrected chi connectivity index (χ2v) is 4.07. The van der Waals surface area contributed by atoms with Gasteiger partial charge in [0, 0.05) is 5.39 Å². The van der Waals surface area contributed by atoms with Crippen molar-refractivity contribution >= 4 is 22.8 Å². The van der Waals surface area contributed by atoms with E-state index in [0.29, 0.717) is 10.9 Å². The second-order valence-electron chi connectivity index (χ2n) is 4.07. The molecular weight excluding hydrogens is 251 g/mol. The Balaban J connectivity index is 2.28. The number of hydrogen-bond donors (Lipinski definition) is 2. The Labute approximate surface area is 108 Å². The fourth-order valence-corrected chi connectivity index (χ4v) is 1.56. The maximum Gasteiger partial charge on any atom is 0.325 e. The van der Waals surface area contributed by atoms with Gasteiger partial charge in [0.2, 0.25) is 0 Å². The van der Waals surface area contributed by atoms with Crippen LogP contribution in [-0.4, -0.2) is 28.0 Å². The molecule has 0 spiro atoms. The van der Waals surface area contributed by atoms with E-state index >= 15 is 0 Å². The molecule has 1 unspecified atom stereocenters. The highest BCUT2D eigenvalue weighted by atomic mass is 19.1. The van der Waals surface area contributed by atoms with E-state index in [4.69, 9.17) is 5.11 Å². The van der Waals surface area contributed by atoms with Gasteiger partial charge in [0.05, 0.1) is 5.52 Å². The summed E-state index contributed by atoms with van der Waals surface area (Å²) in [6, 6.07) is 6.00. The maximum absolute atomic E-state index is 13.0. The number of halogens is 1. The normalized spacial score (nSPS) is 12.1. The van der Waals surface area contributed by atoms with Gasteiger partial charge in [-0.1, -0.05) is 6.07 Å². The van der Waals surface area contributed by atoms with Gasteiger partial charge >= 0.3 is 5.97 Å². The molecule has 2 aromatic rings. The van der Waals surface area contributed by atoms with Crippen LogP contribution in [0.15, 0.2) is 30.3 Å². The summed E-state index contributed by atoms with van der Waals surface area (Å²) < 4.78 is 13.0. The molecule has 0 radical (unpaired) electrons. The minimum absolute atomic E-state index is 0.0900. The quantitative estimate of drug-likeness (QED) is 0.880. The number of rotatable bonds is 3. The van der Waals surface area contributed by atoms with Crippen LogP contribution in [0.1, 0.15) is 17.4 Å². The van der Waals surface area contributed by atoms with E-state index in [9.17, 15) is 14.0 Å². The summed E-state index contributed by atoms with van der Waals surface area (Å²) in [5.74, 6) is -2.09. The van der Waals surface area contributed by atoms with Crippen LogP contribution in [0.2, 0.25) is 0 Å². The molecule has 1 atom stereocenters. The van der Waals surface area contributed by atoms with Gasteiger partial charge in [-0.3, -0.25) is 9.59 Å². The van der Waals surface area contributed by atoms with E-state index in [2.05, 4.69) is 10.3 Å². The van der Waals surface area contributed by atoms with E-state index in [1.165, 1.54) is 31.2 Å². The van der Waals surface area contributed by atoms with E-state index in [1.807, 2.05) is 0 Å². The molecule has 0 saturated carbocycles. The number of carboxylic acids is 1. The lowest BCUT2D eigenvalue weighted by Gasteiger charge is -2.09. The molecule has 0 fully saturated rings. The summed E-state index contributed by atoms with van der Waals surface area (Å²) in [6.07, 6.45) is 0. The van der Waals surface area contributed by atoms with Crippen molar-refractivity contribution in [3.05, 3.63) is 41.8 Å². The molecule has 0 aliphatic carbocycles. The number of hydrogen-bond acceptors (Lipinski definition) is 3. The number of carboxylic acid groups (broad SMARTS) is 1. The van der Waals surface area contributed by atoms with Gasteiger partial charge < -0.3 is 10.4 Å². The van der Waals surface area contributed by atoms with Crippen molar-refractivity contribution in [2.24, 2.45) is 0 Å². The number of aromatic nitrogens is 1. The van der Waals surface area contributed by atoms with E-state index in [-0.39, 0.29) is 11.5 Å². The van der Waals surface area contributed by atoms with Crippen molar-refractivity contribution in [2.75, 3.05) is 0 Å². The topological polar surface area (TPSA) is 79.3 Å². The molecule has 0 aliphatic heterocycles. The van der Waals surface area contributed by atoms with E-state index in [1.54, 1.807) is 6.07 Å². The Hall–Kier alpha value is -2.50. The number of carbonyl (C=O) groups is 2. The zero-order valence-electron chi connectivity index (χ0n) is 10.1. The third-order valence-corrected chi connectivity index (χ3v) is 2.60. The van der Waals surface area contributed by atoms with Crippen LogP contribution in [-0.2, 0) is 4.79 Å². The Morgan fingerprint density at radius 1 is 1.32 bits per heavy atom. The first-order valence-corrected chi connectivity index (χ1v) is 5.57. The Morgan fingerprint density at radius 3 is 2.74 bits per heavy atom. The highest BCUT2D eigenvalue weighted by Crippen LogP contribution is 2.14. The van der Waals surface area contributed by atoms with Gasteiger partial charge in [-0.25, -0.2) is 9.37 Å². The highest BCUT2D eigenvalue weighted by Gasteiger charge is 2.16. The van der Waals surface area contributed by atoms with Gasteiger partial charge in [0.15, 0.2) is 0 Å². The summed E-state index contributed by atoms with van der Waals surface area (Å²) >= 11 is 0. The van der Waals surface area contributed by atoms with Crippen LogP contribution < -0.4 is 5.32 Å². The predicted molar refractivity (Wildman–Crippen MR) is 66.3 cm³/mol. The van der Waals surface area contributed by atoms with E-state index in [0.717, 1.165) is 0 Å². The average Bonchev–Trinajstić information content (AvgIpc) is 2.37. The Morgan fingerprint density at radius 2 is 2.05 bits per heavy atom. The molecule has 2 rings (SSSR count). The van der Waals surface area contributed by atoms with Gasteiger partial charge in [0.25, 0.3) is 5.91 Å². The molecule has 0 aliphatic rings. The molecule has 2 N–H and O–H groups in total. The van der Waals surface area contributed by atoms with Crippen LogP contribution in [0, 0.1) is 5.82 Å². The van der Waals surface area contributed by atoms with Crippen LogP contribution in [0.3, 0.4) is 0 Å².